The van der Waals surface area contributed by atoms with Gasteiger partial charge in [0.25, 0.3) is 11.8 Å². The number of aromatic nitrogens is 4. The van der Waals surface area contributed by atoms with Crippen molar-refractivity contribution in [3.8, 4) is 23.2 Å². The third kappa shape index (κ3) is 16.9. The van der Waals surface area contributed by atoms with E-state index in [1.165, 1.54) is 34.0 Å². The normalized spacial score (nSPS) is 17.4. The highest BCUT2D eigenvalue weighted by Crippen LogP contribution is 2.34. The van der Waals surface area contributed by atoms with Gasteiger partial charge in [0.05, 0.1) is 101 Å². The number of hydrogen-bond donors (Lipinski definition) is 6. The Labute approximate surface area is 467 Å². The van der Waals surface area contributed by atoms with Crippen LogP contribution in [-0.2, 0) is 51.2 Å². The molecule has 5 amide bonds. The predicted octanol–water partition coefficient (Wildman–Crippen LogP) is 3.20. The van der Waals surface area contributed by atoms with Crippen molar-refractivity contribution in [3.63, 3.8) is 0 Å². The number of nitrogen functional groups attached to an aromatic ring is 1. The van der Waals surface area contributed by atoms with Gasteiger partial charge in [-0.05, 0) is 62.9 Å². The fraction of sp³-hybridized carbons (Fsp3) is 0.554. The minimum atomic E-state index is -0.860. The fourth-order valence-corrected chi connectivity index (χ4v) is 9.27. The van der Waals surface area contributed by atoms with Crippen molar-refractivity contribution in [3.05, 3.63) is 88.6 Å². The summed E-state index contributed by atoms with van der Waals surface area (Å²) in [7, 11) is 3.25. The average molecular weight is 1110 g/mol. The number of nitriles is 1. The smallest absolute Gasteiger partial charge is 0.258 e. The van der Waals surface area contributed by atoms with Gasteiger partial charge < -0.3 is 65.8 Å². The Morgan fingerprint density at radius 1 is 0.963 bits per heavy atom. The zero-order valence-electron chi connectivity index (χ0n) is 47.1. The molecule has 2 bridgehead atoms. The topological polar surface area (TPSA) is 292 Å². The number of benzene rings is 2. The van der Waals surface area contributed by atoms with Crippen molar-refractivity contribution in [2.24, 2.45) is 5.41 Å². The Balaban J connectivity index is 0.862. The molecule has 1 fully saturated rings. The van der Waals surface area contributed by atoms with Crippen LogP contribution < -0.4 is 37.1 Å². The van der Waals surface area contributed by atoms with Crippen LogP contribution in [0.3, 0.4) is 0 Å². The SMILES string of the molecule is CC[C@@H](NC(=O)[C@@H]1C[C@H](NCCOCCOCCOCCOCCC(=O)NCCn2nc3c(c2C#N)-c2cnc(N)c(n2)O[C@H](C)c2cc(F)ccc2C(=O)N(C)C3)CN1C(=O)C(NC(=O)[C@H](C)NC)C(C)(C)C)c1ccccc1. The fourth-order valence-electron chi connectivity index (χ4n) is 9.27. The van der Waals surface area contributed by atoms with Crippen LogP contribution in [0.1, 0.15) is 106 Å². The summed E-state index contributed by atoms with van der Waals surface area (Å²) in [6.45, 7) is 14.5. The van der Waals surface area contributed by atoms with E-state index in [1.807, 2.05) is 58.0 Å². The van der Waals surface area contributed by atoms with E-state index in [1.54, 1.807) is 32.8 Å². The van der Waals surface area contributed by atoms with Crippen molar-refractivity contribution in [2.45, 2.75) is 110 Å². The summed E-state index contributed by atoms with van der Waals surface area (Å²) >= 11 is 0. The molecule has 0 radical (unpaired) electrons. The molecule has 1 unspecified atom stereocenters. The van der Waals surface area contributed by atoms with E-state index in [4.69, 9.17) is 29.4 Å². The number of amides is 5. The van der Waals surface area contributed by atoms with Crippen LogP contribution in [0.25, 0.3) is 11.3 Å². The number of nitrogens with two attached hydrogens (primary N) is 1. The van der Waals surface area contributed by atoms with Crippen LogP contribution in [-0.4, -0.2) is 170 Å². The molecular formula is C56H78FN13O10. The third-order valence-electron chi connectivity index (χ3n) is 13.8. The number of nitrogens with one attached hydrogen (secondary N) is 5. The van der Waals surface area contributed by atoms with E-state index in [2.05, 4.69) is 47.7 Å². The zero-order valence-corrected chi connectivity index (χ0v) is 47.1. The maximum absolute atomic E-state index is 14.4. The highest BCUT2D eigenvalue weighted by Gasteiger charge is 2.45. The van der Waals surface area contributed by atoms with Crippen molar-refractivity contribution in [1.29, 1.82) is 5.26 Å². The van der Waals surface area contributed by atoms with Gasteiger partial charge in [0.2, 0.25) is 23.6 Å². The first-order chi connectivity index (χ1) is 38.3. The first kappa shape index (κ1) is 62.1. The molecule has 434 valence electrons. The van der Waals surface area contributed by atoms with E-state index >= 15 is 0 Å². The lowest BCUT2D eigenvalue weighted by atomic mass is 9.85. The van der Waals surface area contributed by atoms with Gasteiger partial charge in [-0.1, -0.05) is 58.0 Å². The lowest BCUT2D eigenvalue weighted by Gasteiger charge is -2.36. The Kier molecular flexibility index (Phi) is 23.2. The first-order valence-corrected chi connectivity index (χ1v) is 27.1. The lowest BCUT2D eigenvalue weighted by molar-refractivity contribution is -0.144. The summed E-state index contributed by atoms with van der Waals surface area (Å²) in [4.78, 5) is 79.6. The molecule has 1 saturated heterocycles. The summed E-state index contributed by atoms with van der Waals surface area (Å²) in [5.41, 5.74) is 7.99. The standard InChI is InChI=1S/C56H78FN13O10/c1-9-42(37-13-11-10-12-14-37)64-52(73)45-30-39(33-69(45)55(75)49(56(4,5)6)66-51(72)35(2)60-7)61-19-22-77-24-26-79-28-27-78-25-23-76-21-17-47(71)62-18-20-70-46(31-58)48-43-32-63-50(59)53(65-43)80-36(3)41-29-38(57)15-16-40(41)54(74)68(8)34-44(48)67-70/h10-16,29,32,35-36,39,42,45,49,60-61H,9,17-28,30,33-34H2,1-8H3,(H2,59,63)(H,62,71)(H,64,73)(H,66,72)/t35-,36+,39-,42+,45-,49?/m0/s1. The number of halogens is 1. The largest absolute Gasteiger partial charge is 0.467 e. The molecule has 6 rings (SSSR count). The second kappa shape index (κ2) is 29.9. The number of rotatable bonds is 27. The molecule has 0 spiro atoms. The summed E-state index contributed by atoms with van der Waals surface area (Å²) < 4.78 is 44.5. The molecule has 7 N–H and O–H groups in total. The highest BCUT2D eigenvalue weighted by molar-refractivity contribution is 5.96. The lowest BCUT2D eigenvalue weighted by Crippen LogP contribution is -2.59. The van der Waals surface area contributed by atoms with Crippen molar-refractivity contribution >= 4 is 35.4 Å². The number of hydrogen-bond acceptors (Lipinski definition) is 17. The number of anilines is 1. The number of ether oxygens (including phenoxy) is 5. The molecule has 0 saturated carbocycles. The molecule has 2 aromatic carbocycles. The van der Waals surface area contributed by atoms with Gasteiger partial charge in [-0.15, -0.1) is 0 Å². The van der Waals surface area contributed by atoms with E-state index in [-0.39, 0.29) is 110 Å². The molecule has 24 heteroatoms. The molecular weight excluding hydrogens is 1030 g/mol. The van der Waals surface area contributed by atoms with Crippen LogP contribution >= 0.6 is 0 Å². The molecule has 2 aliphatic heterocycles. The molecule has 23 nitrogen and oxygen atoms in total. The zero-order chi connectivity index (χ0) is 57.9. The quantitative estimate of drug-likeness (QED) is 0.0468. The van der Waals surface area contributed by atoms with Crippen molar-refractivity contribution in [1.82, 2.24) is 56.1 Å². The Bertz CT molecular complexity index is 2770. The maximum Gasteiger partial charge on any atom is 0.258 e. The Morgan fingerprint density at radius 2 is 1.64 bits per heavy atom. The molecule has 0 aliphatic carbocycles. The monoisotopic (exact) mass is 1110 g/mol. The van der Waals surface area contributed by atoms with Gasteiger partial charge in [-0.25, -0.2) is 14.4 Å². The number of fused-ring (bicyclic) bond motifs is 5. The third-order valence-corrected chi connectivity index (χ3v) is 13.8. The van der Waals surface area contributed by atoms with Gasteiger partial charge in [0.1, 0.15) is 35.8 Å². The number of likely N-dealkylation sites (N-methyl/N-ethyl adjacent to an activating group) is 1. The maximum atomic E-state index is 14.4. The van der Waals surface area contributed by atoms with Gasteiger partial charge in [-0.2, -0.15) is 10.4 Å². The minimum Gasteiger partial charge on any atom is -0.467 e. The molecule has 2 aromatic heterocycles. The summed E-state index contributed by atoms with van der Waals surface area (Å²) in [5.74, 6) is -2.19. The predicted molar refractivity (Wildman–Crippen MR) is 294 cm³/mol. The minimum absolute atomic E-state index is 0.0321. The summed E-state index contributed by atoms with van der Waals surface area (Å²) in [6.07, 6.45) is 1.70. The molecule has 6 atom stereocenters. The van der Waals surface area contributed by atoms with Crippen molar-refractivity contribution in [2.75, 3.05) is 92.3 Å². The average Bonchev–Trinajstić information content (AvgIpc) is 4.17. The first-order valence-electron chi connectivity index (χ1n) is 27.1. The molecule has 80 heavy (non-hydrogen) atoms. The summed E-state index contributed by atoms with van der Waals surface area (Å²) in [6, 6.07) is 13.2. The summed E-state index contributed by atoms with van der Waals surface area (Å²) in [5, 5.41) is 30.3. The van der Waals surface area contributed by atoms with E-state index in [0.717, 1.165) is 5.56 Å². The van der Waals surface area contributed by atoms with Crippen LogP contribution in [0.15, 0.2) is 54.7 Å². The number of carbonyl (C=O) groups is 5. The van der Waals surface area contributed by atoms with Crippen LogP contribution in [0.2, 0.25) is 0 Å². The Hall–Kier alpha value is -7.14. The van der Waals surface area contributed by atoms with Gasteiger partial charge in [-0.3, -0.25) is 28.7 Å². The van der Waals surface area contributed by atoms with Crippen molar-refractivity contribution < 1.29 is 52.0 Å². The van der Waals surface area contributed by atoms with E-state index in [0.29, 0.717) is 75.8 Å². The van der Waals surface area contributed by atoms with Crippen LogP contribution in [0.5, 0.6) is 5.88 Å². The van der Waals surface area contributed by atoms with E-state index in [9.17, 15) is 33.6 Å². The number of nitrogens with zero attached hydrogens (tertiary/aromatic N) is 7. The Morgan fingerprint density at radius 3 is 2.29 bits per heavy atom. The highest BCUT2D eigenvalue weighted by atomic mass is 19.1. The molecule has 4 heterocycles. The number of likely N-dealkylation sites (tertiary alicyclic amines) is 1. The second-order valence-corrected chi connectivity index (χ2v) is 20.7. The van der Waals surface area contributed by atoms with Gasteiger partial charge in [0, 0.05) is 50.3 Å². The van der Waals surface area contributed by atoms with Gasteiger partial charge in [0.15, 0.2) is 5.82 Å². The molecule has 4 aromatic rings. The van der Waals surface area contributed by atoms with Crippen LogP contribution in [0.4, 0.5) is 10.2 Å². The second-order valence-electron chi connectivity index (χ2n) is 20.7. The van der Waals surface area contributed by atoms with Gasteiger partial charge >= 0.3 is 0 Å². The number of carbonyl (C=O) groups excluding carboxylic acids is 5. The molecule has 2 aliphatic rings. The van der Waals surface area contributed by atoms with Crippen LogP contribution in [0, 0.1) is 22.6 Å². The van der Waals surface area contributed by atoms with E-state index < -0.39 is 41.4 Å².